The highest BCUT2D eigenvalue weighted by Crippen LogP contribution is 2.23. The minimum absolute atomic E-state index is 0.125. The monoisotopic (exact) mass is 271 g/mol. The molecule has 0 aromatic carbocycles. The van der Waals surface area contributed by atoms with Crippen LogP contribution in [-0.4, -0.2) is 24.6 Å². The van der Waals surface area contributed by atoms with Crippen molar-refractivity contribution in [1.29, 1.82) is 0 Å². The van der Waals surface area contributed by atoms with Gasteiger partial charge in [-0.15, -0.1) is 0 Å². The summed E-state index contributed by atoms with van der Waals surface area (Å²) in [7, 11) is 0. The number of hydrogen-bond acceptors (Lipinski definition) is 3. The zero-order valence-electron chi connectivity index (χ0n) is 12.1. The van der Waals surface area contributed by atoms with Gasteiger partial charge in [-0.05, 0) is 19.3 Å². The number of nitrogens with zero attached hydrogens (tertiary/aromatic N) is 2. The van der Waals surface area contributed by atoms with E-state index in [1.165, 1.54) is 0 Å². The van der Waals surface area contributed by atoms with Crippen molar-refractivity contribution in [2.75, 3.05) is 29.9 Å². The first-order valence-electron chi connectivity index (χ1n) is 6.84. The largest absolute Gasteiger partial charge is 0.368 e. The first kappa shape index (κ1) is 15.7. The lowest BCUT2D eigenvalue weighted by molar-refractivity contribution is 0.556. The van der Waals surface area contributed by atoms with Gasteiger partial charge in [0.2, 0.25) is 0 Å². The molecule has 1 heterocycles. The SMILES string of the molecule is CCCNc1nc(N(CC)CC(C)C)c(F)cc1F. The molecule has 0 aliphatic carbocycles. The van der Waals surface area contributed by atoms with Crippen molar-refractivity contribution in [2.45, 2.75) is 34.1 Å². The summed E-state index contributed by atoms with van der Waals surface area (Å²) in [5.41, 5.74) is 0. The van der Waals surface area contributed by atoms with Crippen LogP contribution in [0.4, 0.5) is 20.4 Å². The Morgan fingerprint density at radius 3 is 2.47 bits per heavy atom. The fraction of sp³-hybridized carbons (Fsp3) is 0.643. The molecule has 0 saturated carbocycles. The van der Waals surface area contributed by atoms with Crippen molar-refractivity contribution in [3.8, 4) is 0 Å². The van der Waals surface area contributed by atoms with Crippen LogP contribution in [0.5, 0.6) is 0 Å². The van der Waals surface area contributed by atoms with E-state index in [1.807, 2.05) is 18.7 Å². The molecule has 0 unspecified atom stereocenters. The van der Waals surface area contributed by atoms with Crippen LogP contribution in [0, 0.1) is 17.6 Å². The average molecular weight is 271 g/mol. The summed E-state index contributed by atoms with van der Waals surface area (Å²) < 4.78 is 27.5. The van der Waals surface area contributed by atoms with Gasteiger partial charge in [0.1, 0.15) is 0 Å². The Balaban J connectivity index is 3.03. The highest BCUT2D eigenvalue weighted by molar-refractivity contribution is 5.49. The first-order valence-corrected chi connectivity index (χ1v) is 6.84. The van der Waals surface area contributed by atoms with Crippen molar-refractivity contribution in [3.05, 3.63) is 17.7 Å². The van der Waals surface area contributed by atoms with Crippen LogP contribution in [0.1, 0.15) is 34.1 Å². The fourth-order valence-corrected chi connectivity index (χ4v) is 1.85. The van der Waals surface area contributed by atoms with Gasteiger partial charge in [-0.2, -0.15) is 0 Å². The molecule has 0 amide bonds. The molecular formula is C14H23F2N3. The number of pyridine rings is 1. The molecule has 1 aromatic rings. The first-order chi connectivity index (χ1) is 8.99. The Labute approximate surface area is 114 Å². The summed E-state index contributed by atoms with van der Waals surface area (Å²) in [4.78, 5) is 5.93. The van der Waals surface area contributed by atoms with E-state index < -0.39 is 11.6 Å². The highest BCUT2D eigenvalue weighted by atomic mass is 19.1. The third-order valence-corrected chi connectivity index (χ3v) is 2.72. The van der Waals surface area contributed by atoms with E-state index in [0.717, 1.165) is 12.5 Å². The number of halogens is 2. The lowest BCUT2D eigenvalue weighted by Gasteiger charge is -2.25. The molecular weight excluding hydrogens is 248 g/mol. The molecule has 0 spiro atoms. The quantitative estimate of drug-likeness (QED) is 0.820. The molecule has 0 fully saturated rings. The zero-order valence-corrected chi connectivity index (χ0v) is 12.1. The maximum atomic E-state index is 13.9. The standard InChI is InChI=1S/C14H23F2N3/c1-5-7-17-13-11(15)8-12(16)14(18-13)19(6-2)9-10(3)4/h8,10H,5-7,9H2,1-4H3,(H,17,18). The second-order valence-electron chi connectivity index (χ2n) is 4.98. The van der Waals surface area contributed by atoms with Gasteiger partial charge in [0.15, 0.2) is 23.3 Å². The third kappa shape index (κ3) is 4.33. The van der Waals surface area contributed by atoms with Gasteiger partial charge in [0, 0.05) is 25.7 Å². The van der Waals surface area contributed by atoms with Crippen molar-refractivity contribution >= 4 is 11.6 Å². The molecule has 0 aliphatic rings. The molecule has 0 aliphatic heterocycles. The topological polar surface area (TPSA) is 28.2 Å². The summed E-state index contributed by atoms with van der Waals surface area (Å²) in [6.45, 7) is 9.98. The molecule has 0 atom stereocenters. The molecule has 0 radical (unpaired) electrons. The molecule has 1 aromatic heterocycles. The Bertz CT molecular complexity index is 408. The van der Waals surface area contributed by atoms with Crippen molar-refractivity contribution in [3.63, 3.8) is 0 Å². The normalized spacial score (nSPS) is 10.9. The lowest BCUT2D eigenvalue weighted by Crippen LogP contribution is -2.29. The van der Waals surface area contributed by atoms with Crippen LogP contribution < -0.4 is 10.2 Å². The van der Waals surface area contributed by atoms with E-state index in [0.29, 0.717) is 25.6 Å². The van der Waals surface area contributed by atoms with E-state index in [4.69, 9.17) is 0 Å². The van der Waals surface area contributed by atoms with Crippen LogP contribution in [0.2, 0.25) is 0 Å². The van der Waals surface area contributed by atoms with Crippen molar-refractivity contribution in [2.24, 2.45) is 5.92 Å². The van der Waals surface area contributed by atoms with Crippen molar-refractivity contribution < 1.29 is 8.78 Å². The molecule has 5 heteroatoms. The number of nitrogens with one attached hydrogen (secondary N) is 1. The predicted molar refractivity (Wildman–Crippen MR) is 75.7 cm³/mol. The fourth-order valence-electron chi connectivity index (χ4n) is 1.85. The molecule has 19 heavy (non-hydrogen) atoms. The molecule has 1 N–H and O–H groups in total. The zero-order chi connectivity index (χ0) is 14.4. The average Bonchev–Trinajstić information content (AvgIpc) is 2.35. The van der Waals surface area contributed by atoms with Crippen LogP contribution in [-0.2, 0) is 0 Å². The van der Waals surface area contributed by atoms with Crippen LogP contribution in [0.3, 0.4) is 0 Å². The number of aromatic nitrogens is 1. The van der Waals surface area contributed by atoms with Gasteiger partial charge < -0.3 is 10.2 Å². The summed E-state index contributed by atoms with van der Waals surface area (Å²) in [5, 5.41) is 2.88. The second-order valence-corrected chi connectivity index (χ2v) is 4.98. The Kier molecular flexibility index (Phi) is 5.99. The summed E-state index contributed by atoms with van der Waals surface area (Å²) in [6, 6.07) is 0.906. The Morgan fingerprint density at radius 1 is 1.26 bits per heavy atom. The summed E-state index contributed by atoms with van der Waals surface area (Å²) in [5.74, 6) is -0.521. The predicted octanol–water partition coefficient (Wildman–Crippen LogP) is 3.66. The van der Waals surface area contributed by atoms with Crippen LogP contribution >= 0.6 is 0 Å². The van der Waals surface area contributed by atoms with Gasteiger partial charge in [-0.1, -0.05) is 20.8 Å². The summed E-state index contributed by atoms with van der Waals surface area (Å²) >= 11 is 0. The minimum atomic E-state index is -0.643. The highest BCUT2D eigenvalue weighted by Gasteiger charge is 2.17. The van der Waals surface area contributed by atoms with E-state index in [2.05, 4.69) is 24.1 Å². The van der Waals surface area contributed by atoms with Crippen LogP contribution in [0.15, 0.2) is 6.07 Å². The second kappa shape index (κ2) is 7.26. The van der Waals surface area contributed by atoms with Crippen LogP contribution in [0.25, 0.3) is 0 Å². The molecule has 0 saturated heterocycles. The number of anilines is 2. The van der Waals surface area contributed by atoms with E-state index in [-0.39, 0.29) is 11.6 Å². The van der Waals surface area contributed by atoms with Gasteiger partial charge in [-0.3, -0.25) is 0 Å². The van der Waals surface area contributed by atoms with E-state index in [9.17, 15) is 8.78 Å². The van der Waals surface area contributed by atoms with E-state index >= 15 is 0 Å². The number of hydrogen-bond donors (Lipinski definition) is 1. The maximum absolute atomic E-state index is 13.9. The smallest absolute Gasteiger partial charge is 0.168 e. The van der Waals surface area contributed by atoms with Gasteiger partial charge in [0.05, 0.1) is 0 Å². The molecule has 108 valence electrons. The molecule has 0 bridgehead atoms. The van der Waals surface area contributed by atoms with Gasteiger partial charge in [-0.25, -0.2) is 13.8 Å². The Morgan fingerprint density at radius 2 is 1.95 bits per heavy atom. The van der Waals surface area contributed by atoms with Gasteiger partial charge in [0.25, 0.3) is 0 Å². The summed E-state index contributed by atoms with van der Waals surface area (Å²) in [6.07, 6.45) is 0.858. The molecule has 3 nitrogen and oxygen atoms in total. The lowest BCUT2D eigenvalue weighted by atomic mass is 10.2. The number of rotatable bonds is 7. The van der Waals surface area contributed by atoms with Crippen molar-refractivity contribution in [1.82, 2.24) is 4.98 Å². The van der Waals surface area contributed by atoms with Gasteiger partial charge >= 0.3 is 0 Å². The minimum Gasteiger partial charge on any atom is -0.368 e. The third-order valence-electron chi connectivity index (χ3n) is 2.72. The Hall–Kier alpha value is -1.39. The van der Waals surface area contributed by atoms with E-state index in [1.54, 1.807) is 0 Å². The molecule has 1 rings (SSSR count). The maximum Gasteiger partial charge on any atom is 0.168 e.